The van der Waals surface area contributed by atoms with Gasteiger partial charge in [-0.05, 0) is 47.9 Å². The molecule has 2 aromatic carbocycles. The summed E-state index contributed by atoms with van der Waals surface area (Å²) in [7, 11) is -1.13. The van der Waals surface area contributed by atoms with Gasteiger partial charge in [0.25, 0.3) is 0 Å². The molecule has 1 atom stereocenters. The highest BCUT2D eigenvalue weighted by atomic mass is 35.5. The lowest BCUT2D eigenvalue weighted by molar-refractivity contribution is -0.116. The number of carbonyl (C=O) groups excluding carboxylic acids is 1. The van der Waals surface area contributed by atoms with Crippen molar-refractivity contribution < 1.29 is 13.4 Å². The quantitative estimate of drug-likeness (QED) is 0.367. The van der Waals surface area contributed by atoms with Crippen LogP contribution in [0.1, 0.15) is 58.6 Å². The van der Waals surface area contributed by atoms with Gasteiger partial charge in [-0.2, -0.15) is 0 Å². The fraction of sp³-hybridized carbons (Fsp3) is 0.385. The number of hydrogen-bond acceptors (Lipinski definition) is 3. The molecule has 0 spiro atoms. The molecular formula is C26H32ClFN2O2S. The Morgan fingerprint density at radius 2 is 1.85 bits per heavy atom. The number of halogens is 2. The summed E-state index contributed by atoms with van der Waals surface area (Å²) >= 11 is 5.92. The second kappa shape index (κ2) is 12.8. The second-order valence-corrected chi connectivity index (χ2v) is 9.34. The number of aryl methyl sites for hydroxylation is 1. The third-order valence-corrected chi connectivity index (χ3v) is 6.87. The largest absolute Gasteiger partial charge is 0.307 e. The predicted molar refractivity (Wildman–Crippen MR) is 137 cm³/mol. The zero-order valence-corrected chi connectivity index (χ0v) is 21.5. The van der Waals surface area contributed by atoms with Gasteiger partial charge in [0.1, 0.15) is 11.0 Å². The van der Waals surface area contributed by atoms with Gasteiger partial charge in [0.05, 0.1) is 33.4 Å². The summed E-state index contributed by atoms with van der Waals surface area (Å²) in [5.74, 6) is -0.0608. The summed E-state index contributed by atoms with van der Waals surface area (Å²) in [6.45, 7) is 9.97. The maximum atomic E-state index is 14.5. The number of benzene rings is 2. The summed E-state index contributed by atoms with van der Waals surface area (Å²) in [5, 5.41) is 0.651. The van der Waals surface area contributed by atoms with E-state index in [2.05, 4.69) is 18.8 Å². The number of amides is 1. The van der Waals surface area contributed by atoms with Crippen molar-refractivity contribution >= 4 is 44.9 Å². The average Bonchev–Trinajstić information content (AvgIpc) is 3.19. The zero-order chi connectivity index (χ0) is 24.5. The third-order valence-electron chi connectivity index (χ3n) is 5.15. The standard InChI is InChI=1S/C20H16ClFN2O2S.C4H10.C2H6/c1-12(25)24(18-4-2-3-14-7-8-27(26)20(14)18)11-13-9-16(22)15-5-6-19(21)23-17(15)10-13;1-3-4-2;1-2/h2-6,9-10H,7-8,11H2,1H3;3-4H2,1-2H3;1-2H3. The van der Waals surface area contributed by atoms with Gasteiger partial charge >= 0.3 is 0 Å². The molecule has 3 aromatic rings. The van der Waals surface area contributed by atoms with E-state index in [1.165, 1.54) is 36.8 Å². The van der Waals surface area contributed by atoms with Crippen LogP contribution in [0.15, 0.2) is 47.4 Å². The highest BCUT2D eigenvalue weighted by molar-refractivity contribution is 7.85. The molecule has 0 fully saturated rings. The minimum absolute atomic E-state index is 0.157. The lowest BCUT2D eigenvalue weighted by Gasteiger charge is -2.24. The molecule has 4 nitrogen and oxygen atoms in total. The number of anilines is 1. The molecule has 4 rings (SSSR count). The number of fused-ring (bicyclic) bond motifs is 2. The Balaban J connectivity index is 0.000000582. The van der Waals surface area contributed by atoms with E-state index in [0.29, 0.717) is 32.8 Å². The lowest BCUT2D eigenvalue weighted by atomic mass is 10.1. The number of nitrogens with zero attached hydrogens (tertiary/aromatic N) is 2. The molecule has 1 aliphatic heterocycles. The van der Waals surface area contributed by atoms with Crippen molar-refractivity contribution in [3.8, 4) is 0 Å². The summed E-state index contributed by atoms with van der Waals surface area (Å²) in [5.41, 5.74) is 2.64. The van der Waals surface area contributed by atoms with Crippen molar-refractivity contribution in [3.05, 3.63) is 64.6 Å². The Labute approximate surface area is 203 Å². The Kier molecular flexibility index (Phi) is 10.5. The third kappa shape index (κ3) is 6.61. The van der Waals surface area contributed by atoms with E-state index >= 15 is 0 Å². The fourth-order valence-corrected chi connectivity index (χ4v) is 5.05. The van der Waals surface area contributed by atoms with Gasteiger partial charge in [0, 0.05) is 18.1 Å². The van der Waals surface area contributed by atoms with Gasteiger partial charge in [-0.3, -0.25) is 9.00 Å². The molecule has 0 bridgehead atoms. The van der Waals surface area contributed by atoms with Crippen LogP contribution in [0.25, 0.3) is 10.9 Å². The maximum Gasteiger partial charge on any atom is 0.224 e. The first kappa shape index (κ1) is 26.9. The maximum absolute atomic E-state index is 14.5. The van der Waals surface area contributed by atoms with E-state index in [1.807, 2.05) is 26.0 Å². The Morgan fingerprint density at radius 1 is 1.15 bits per heavy atom. The second-order valence-electron chi connectivity index (χ2n) is 7.45. The van der Waals surface area contributed by atoms with Crippen LogP contribution in [0.5, 0.6) is 0 Å². The van der Waals surface area contributed by atoms with Crippen LogP contribution in [-0.2, 0) is 28.6 Å². The lowest BCUT2D eigenvalue weighted by Crippen LogP contribution is -2.29. The zero-order valence-electron chi connectivity index (χ0n) is 20.0. The Hall–Kier alpha value is -2.31. The highest BCUT2D eigenvalue weighted by Crippen LogP contribution is 2.34. The Bertz CT molecular complexity index is 1130. The first-order chi connectivity index (χ1) is 15.8. The van der Waals surface area contributed by atoms with Crippen LogP contribution >= 0.6 is 11.6 Å². The fourth-order valence-electron chi connectivity index (χ4n) is 3.41. The number of pyridine rings is 1. The van der Waals surface area contributed by atoms with Crippen molar-refractivity contribution in [2.45, 2.75) is 65.3 Å². The normalized spacial score (nSPS) is 14.0. The summed E-state index contributed by atoms with van der Waals surface area (Å²) in [4.78, 5) is 18.8. The molecule has 0 aliphatic carbocycles. The van der Waals surface area contributed by atoms with Gasteiger partial charge in [0.15, 0.2) is 0 Å². The molecule has 0 saturated carbocycles. The molecular weight excluding hydrogens is 459 g/mol. The monoisotopic (exact) mass is 490 g/mol. The molecule has 0 N–H and O–H groups in total. The molecule has 1 aliphatic rings. The number of unbranched alkanes of at least 4 members (excludes halogenated alkanes) is 1. The van der Waals surface area contributed by atoms with Crippen molar-refractivity contribution in [1.82, 2.24) is 4.98 Å². The van der Waals surface area contributed by atoms with Gasteiger partial charge in [-0.15, -0.1) is 0 Å². The molecule has 7 heteroatoms. The van der Waals surface area contributed by atoms with Crippen LogP contribution in [0.3, 0.4) is 0 Å². The van der Waals surface area contributed by atoms with Crippen molar-refractivity contribution in [3.63, 3.8) is 0 Å². The van der Waals surface area contributed by atoms with Crippen LogP contribution in [0, 0.1) is 5.82 Å². The molecule has 0 radical (unpaired) electrons. The van der Waals surface area contributed by atoms with E-state index < -0.39 is 16.6 Å². The number of rotatable bonds is 4. The van der Waals surface area contributed by atoms with Gasteiger partial charge in [0.2, 0.25) is 5.91 Å². The summed E-state index contributed by atoms with van der Waals surface area (Å²) < 4.78 is 26.9. The van der Waals surface area contributed by atoms with Crippen molar-refractivity contribution in [1.29, 1.82) is 0 Å². The van der Waals surface area contributed by atoms with Crippen LogP contribution < -0.4 is 4.90 Å². The molecule has 2 heterocycles. The highest BCUT2D eigenvalue weighted by Gasteiger charge is 2.26. The first-order valence-electron chi connectivity index (χ1n) is 11.4. The van der Waals surface area contributed by atoms with E-state index in [0.717, 1.165) is 12.0 Å². The molecule has 0 saturated heterocycles. The van der Waals surface area contributed by atoms with Gasteiger partial charge in [-0.25, -0.2) is 9.37 Å². The SMILES string of the molecule is CC.CC(=O)N(Cc1cc(F)c2ccc(Cl)nc2c1)c1cccc2c1S(=O)CC2.CCCC. The summed E-state index contributed by atoms with van der Waals surface area (Å²) in [6, 6.07) is 11.8. The van der Waals surface area contributed by atoms with E-state index in [4.69, 9.17) is 11.6 Å². The molecule has 1 unspecified atom stereocenters. The van der Waals surface area contributed by atoms with Crippen LogP contribution in [0.4, 0.5) is 10.1 Å². The van der Waals surface area contributed by atoms with E-state index in [1.54, 1.807) is 18.2 Å². The van der Waals surface area contributed by atoms with Gasteiger partial charge < -0.3 is 4.90 Å². The number of carbonyl (C=O) groups is 1. The molecule has 33 heavy (non-hydrogen) atoms. The van der Waals surface area contributed by atoms with Crippen molar-refractivity contribution in [2.24, 2.45) is 0 Å². The Morgan fingerprint density at radius 3 is 2.48 bits per heavy atom. The summed E-state index contributed by atoms with van der Waals surface area (Å²) in [6.07, 6.45) is 3.37. The van der Waals surface area contributed by atoms with Gasteiger partial charge in [-0.1, -0.05) is 64.3 Å². The van der Waals surface area contributed by atoms with Crippen LogP contribution in [0.2, 0.25) is 5.15 Å². The minimum atomic E-state index is -1.13. The van der Waals surface area contributed by atoms with E-state index in [9.17, 15) is 13.4 Å². The number of hydrogen-bond donors (Lipinski definition) is 0. The molecule has 178 valence electrons. The number of aromatic nitrogens is 1. The molecule has 1 aromatic heterocycles. The topological polar surface area (TPSA) is 50.3 Å². The van der Waals surface area contributed by atoms with Crippen molar-refractivity contribution in [2.75, 3.05) is 10.7 Å². The predicted octanol–water partition coefficient (Wildman–Crippen LogP) is 7.08. The first-order valence-corrected chi connectivity index (χ1v) is 13.1. The van der Waals surface area contributed by atoms with E-state index in [-0.39, 0.29) is 17.6 Å². The average molecular weight is 491 g/mol. The molecule has 1 amide bonds. The minimum Gasteiger partial charge on any atom is -0.307 e. The smallest absolute Gasteiger partial charge is 0.224 e. The van der Waals surface area contributed by atoms with Crippen LogP contribution in [-0.4, -0.2) is 20.9 Å².